The number of aryl methyl sites for hydroxylation is 1. The highest BCUT2D eigenvalue weighted by Crippen LogP contribution is 2.25. The molecule has 2 aromatic rings. The molecule has 19 heavy (non-hydrogen) atoms. The quantitative estimate of drug-likeness (QED) is 0.937. The van der Waals surface area contributed by atoms with Crippen molar-refractivity contribution in [1.82, 2.24) is 9.97 Å². The van der Waals surface area contributed by atoms with Gasteiger partial charge in [-0.05, 0) is 31.2 Å². The van der Waals surface area contributed by atoms with Crippen LogP contribution in [-0.2, 0) is 0 Å². The molecule has 0 aliphatic rings. The number of benzene rings is 1. The van der Waals surface area contributed by atoms with Crippen LogP contribution in [0.5, 0.6) is 11.8 Å². The SMILES string of the molecule is Cc1cc(C(=O)O)nc(Oc2cc(Br)ccc2F)n1. The first-order valence-corrected chi connectivity index (χ1v) is 5.97. The van der Waals surface area contributed by atoms with Crippen LogP contribution in [0.4, 0.5) is 4.39 Å². The van der Waals surface area contributed by atoms with Crippen LogP contribution < -0.4 is 4.74 Å². The lowest BCUT2D eigenvalue weighted by atomic mass is 10.3. The van der Waals surface area contributed by atoms with Gasteiger partial charge in [-0.2, -0.15) is 4.98 Å². The molecule has 2 rings (SSSR count). The van der Waals surface area contributed by atoms with Gasteiger partial charge in [-0.3, -0.25) is 0 Å². The van der Waals surface area contributed by atoms with Crippen molar-refractivity contribution < 1.29 is 19.0 Å². The monoisotopic (exact) mass is 326 g/mol. The summed E-state index contributed by atoms with van der Waals surface area (Å²) in [6.07, 6.45) is 0. The van der Waals surface area contributed by atoms with Gasteiger partial charge in [0.2, 0.25) is 0 Å². The Morgan fingerprint density at radius 1 is 1.37 bits per heavy atom. The van der Waals surface area contributed by atoms with Crippen LogP contribution in [0.25, 0.3) is 0 Å². The number of nitrogens with zero attached hydrogens (tertiary/aromatic N) is 2. The third-order valence-electron chi connectivity index (χ3n) is 2.15. The lowest BCUT2D eigenvalue weighted by molar-refractivity contribution is 0.0689. The fourth-order valence-electron chi connectivity index (χ4n) is 1.35. The number of carboxylic acids is 1. The van der Waals surface area contributed by atoms with Crippen molar-refractivity contribution in [2.75, 3.05) is 0 Å². The lowest BCUT2D eigenvalue weighted by Gasteiger charge is -2.06. The maximum atomic E-state index is 13.5. The van der Waals surface area contributed by atoms with Crippen LogP contribution in [0.15, 0.2) is 28.7 Å². The Labute approximate surface area is 116 Å². The van der Waals surface area contributed by atoms with E-state index in [1.807, 2.05) is 0 Å². The molecule has 0 fully saturated rings. The van der Waals surface area contributed by atoms with Crippen molar-refractivity contribution >= 4 is 21.9 Å². The van der Waals surface area contributed by atoms with Crippen molar-refractivity contribution in [1.29, 1.82) is 0 Å². The second kappa shape index (κ2) is 5.31. The molecular weight excluding hydrogens is 319 g/mol. The third-order valence-corrected chi connectivity index (χ3v) is 2.64. The standard InChI is InChI=1S/C12H8BrFN2O3/c1-6-4-9(11(17)18)16-12(15-6)19-10-5-7(13)2-3-8(10)14/h2-5H,1H3,(H,17,18). The summed E-state index contributed by atoms with van der Waals surface area (Å²) in [5, 5.41) is 8.87. The predicted molar refractivity (Wildman–Crippen MR) is 67.9 cm³/mol. The van der Waals surface area contributed by atoms with E-state index < -0.39 is 11.8 Å². The highest BCUT2D eigenvalue weighted by Gasteiger charge is 2.12. The van der Waals surface area contributed by atoms with E-state index >= 15 is 0 Å². The summed E-state index contributed by atoms with van der Waals surface area (Å²) in [7, 11) is 0. The van der Waals surface area contributed by atoms with E-state index in [9.17, 15) is 9.18 Å². The molecule has 1 aromatic carbocycles. The van der Waals surface area contributed by atoms with Gasteiger partial charge in [0.25, 0.3) is 0 Å². The largest absolute Gasteiger partial charge is 0.477 e. The number of carboxylic acid groups (broad SMARTS) is 1. The van der Waals surface area contributed by atoms with Crippen molar-refractivity contribution in [3.8, 4) is 11.8 Å². The van der Waals surface area contributed by atoms with Crippen LogP contribution in [0.2, 0.25) is 0 Å². The second-order valence-corrected chi connectivity index (χ2v) is 4.57. The molecule has 0 unspecified atom stereocenters. The molecule has 0 aliphatic heterocycles. The van der Waals surface area contributed by atoms with Gasteiger partial charge in [0.05, 0.1) is 0 Å². The Hall–Kier alpha value is -2.02. The number of hydrogen-bond acceptors (Lipinski definition) is 4. The zero-order chi connectivity index (χ0) is 14.0. The first-order valence-electron chi connectivity index (χ1n) is 5.17. The maximum Gasteiger partial charge on any atom is 0.354 e. The molecule has 0 aliphatic carbocycles. The minimum atomic E-state index is -1.20. The van der Waals surface area contributed by atoms with Crippen LogP contribution in [0.3, 0.4) is 0 Å². The van der Waals surface area contributed by atoms with Crippen LogP contribution in [0.1, 0.15) is 16.2 Å². The second-order valence-electron chi connectivity index (χ2n) is 3.66. The Balaban J connectivity index is 2.38. The summed E-state index contributed by atoms with van der Waals surface area (Å²) in [5.41, 5.74) is 0.204. The molecule has 1 N–H and O–H groups in total. The average Bonchev–Trinajstić information content (AvgIpc) is 2.33. The van der Waals surface area contributed by atoms with E-state index in [2.05, 4.69) is 25.9 Å². The summed E-state index contributed by atoms with van der Waals surface area (Å²) in [4.78, 5) is 18.4. The molecular formula is C12H8BrFN2O3. The van der Waals surface area contributed by atoms with E-state index in [1.54, 1.807) is 6.92 Å². The van der Waals surface area contributed by atoms with E-state index in [4.69, 9.17) is 9.84 Å². The van der Waals surface area contributed by atoms with Crippen LogP contribution in [-0.4, -0.2) is 21.0 Å². The normalized spacial score (nSPS) is 10.3. The maximum absolute atomic E-state index is 13.5. The van der Waals surface area contributed by atoms with Gasteiger partial charge in [-0.15, -0.1) is 0 Å². The summed E-state index contributed by atoms with van der Waals surface area (Å²) in [6.45, 7) is 1.60. The summed E-state index contributed by atoms with van der Waals surface area (Å²) in [5.74, 6) is -1.88. The Morgan fingerprint density at radius 3 is 2.79 bits per heavy atom. The first-order chi connectivity index (χ1) is 8.95. The molecule has 1 heterocycles. The molecule has 5 nitrogen and oxygen atoms in total. The molecule has 1 aromatic heterocycles. The highest BCUT2D eigenvalue weighted by molar-refractivity contribution is 9.10. The van der Waals surface area contributed by atoms with Gasteiger partial charge >= 0.3 is 12.0 Å². The number of carbonyl (C=O) groups is 1. The number of aromatic nitrogens is 2. The number of hydrogen-bond donors (Lipinski definition) is 1. The zero-order valence-electron chi connectivity index (χ0n) is 9.72. The van der Waals surface area contributed by atoms with Gasteiger partial charge in [-0.25, -0.2) is 14.2 Å². The van der Waals surface area contributed by atoms with Crippen LogP contribution >= 0.6 is 15.9 Å². The number of rotatable bonds is 3. The molecule has 98 valence electrons. The zero-order valence-corrected chi connectivity index (χ0v) is 11.3. The van der Waals surface area contributed by atoms with Crippen molar-refractivity contribution in [3.63, 3.8) is 0 Å². The molecule has 0 radical (unpaired) electrons. The Bertz CT molecular complexity index is 649. The third kappa shape index (κ3) is 3.25. The van der Waals surface area contributed by atoms with Gasteiger partial charge in [0.1, 0.15) is 0 Å². The van der Waals surface area contributed by atoms with Gasteiger partial charge in [0.15, 0.2) is 17.3 Å². The Kier molecular flexibility index (Phi) is 3.75. The number of aromatic carboxylic acids is 1. The molecule has 0 saturated carbocycles. The van der Waals surface area contributed by atoms with Gasteiger partial charge in [-0.1, -0.05) is 15.9 Å². The Morgan fingerprint density at radius 2 is 2.11 bits per heavy atom. The van der Waals surface area contributed by atoms with Crippen LogP contribution in [0, 0.1) is 12.7 Å². The van der Waals surface area contributed by atoms with E-state index in [0.29, 0.717) is 10.2 Å². The number of halogens is 2. The molecule has 0 amide bonds. The molecule has 7 heteroatoms. The molecule has 0 atom stereocenters. The predicted octanol–water partition coefficient (Wildman–Crippen LogP) is 3.18. The van der Waals surface area contributed by atoms with E-state index in [-0.39, 0.29) is 17.5 Å². The first kappa shape index (κ1) is 13.4. The highest BCUT2D eigenvalue weighted by atomic mass is 79.9. The summed E-state index contributed by atoms with van der Waals surface area (Å²) >= 11 is 3.18. The average molecular weight is 327 g/mol. The van der Waals surface area contributed by atoms with E-state index in [1.165, 1.54) is 24.3 Å². The van der Waals surface area contributed by atoms with Crippen molar-refractivity contribution in [2.45, 2.75) is 6.92 Å². The van der Waals surface area contributed by atoms with Gasteiger partial charge < -0.3 is 9.84 Å². The smallest absolute Gasteiger partial charge is 0.354 e. The van der Waals surface area contributed by atoms with Crippen molar-refractivity contribution in [3.05, 3.63) is 45.9 Å². The molecule has 0 bridgehead atoms. The molecule has 0 saturated heterocycles. The van der Waals surface area contributed by atoms with Crippen molar-refractivity contribution in [2.24, 2.45) is 0 Å². The van der Waals surface area contributed by atoms with E-state index in [0.717, 1.165) is 0 Å². The topological polar surface area (TPSA) is 72.3 Å². The fourth-order valence-corrected chi connectivity index (χ4v) is 1.69. The number of ether oxygens (including phenoxy) is 1. The molecule has 0 spiro atoms. The minimum Gasteiger partial charge on any atom is -0.477 e. The summed E-state index contributed by atoms with van der Waals surface area (Å²) < 4.78 is 19.3. The fraction of sp³-hybridized carbons (Fsp3) is 0.0833. The lowest BCUT2D eigenvalue weighted by Crippen LogP contribution is -2.04. The van der Waals surface area contributed by atoms with Gasteiger partial charge in [0, 0.05) is 10.2 Å². The minimum absolute atomic E-state index is 0.0867. The summed E-state index contributed by atoms with van der Waals surface area (Å²) in [6, 6.07) is 5.22.